The maximum atomic E-state index is 13.6. The second-order valence-corrected chi connectivity index (χ2v) is 10.5. The van der Waals surface area contributed by atoms with Gasteiger partial charge in [0.15, 0.2) is 5.69 Å². The minimum atomic E-state index is 0.109. The summed E-state index contributed by atoms with van der Waals surface area (Å²) in [6.45, 7) is 7.72. The lowest BCUT2D eigenvalue weighted by molar-refractivity contribution is -0.00398. The number of carbonyl (C=O) groups excluding carboxylic acids is 1. The number of fused-ring (bicyclic) bond motifs is 2. The highest BCUT2D eigenvalue weighted by molar-refractivity contribution is 5.94. The fourth-order valence-electron chi connectivity index (χ4n) is 6.63. The zero-order valence-electron chi connectivity index (χ0n) is 20.4. The monoisotopic (exact) mass is 463 g/mol. The van der Waals surface area contributed by atoms with Crippen molar-refractivity contribution in [2.24, 2.45) is 7.05 Å². The smallest absolute Gasteiger partial charge is 0.274 e. The van der Waals surface area contributed by atoms with Gasteiger partial charge in [0.05, 0.1) is 13.2 Å². The van der Waals surface area contributed by atoms with E-state index in [4.69, 9.17) is 9.84 Å². The zero-order valence-corrected chi connectivity index (χ0v) is 20.4. The molecule has 2 saturated heterocycles. The summed E-state index contributed by atoms with van der Waals surface area (Å²) in [7, 11) is 2.01. The summed E-state index contributed by atoms with van der Waals surface area (Å²) in [6, 6.07) is 9.73. The number of hydrogen-bond acceptors (Lipinski definition) is 5. The van der Waals surface area contributed by atoms with Crippen molar-refractivity contribution >= 4 is 5.91 Å². The van der Waals surface area contributed by atoms with E-state index in [1.54, 1.807) is 0 Å². The molecular weight excluding hydrogens is 426 g/mol. The highest BCUT2D eigenvalue weighted by Crippen LogP contribution is 2.31. The van der Waals surface area contributed by atoms with Gasteiger partial charge >= 0.3 is 0 Å². The molecule has 1 amide bonds. The number of rotatable bonds is 3. The molecule has 1 aliphatic carbocycles. The topological polar surface area (TPSA) is 53.8 Å². The van der Waals surface area contributed by atoms with Crippen molar-refractivity contribution in [2.45, 2.75) is 57.2 Å². The Labute approximate surface area is 202 Å². The first kappa shape index (κ1) is 22.3. The van der Waals surface area contributed by atoms with Gasteiger partial charge in [-0.15, -0.1) is 0 Å². The Balaban J connectivity index is 1.14. The summed E-state index contributed by atoms with van der Waals surface area (Å²) < 4.78 is 7.52. The number of aryl methyl sites for hydroxylation is 1. The van der Waals surface area contributed by atoms with Gasteiger partial charge in [0.25, 0.3) is 5.91 Å². The minimum absolute atomic E-state index is 0.109. The van der Waals surface area contributed by atoms with Gasteiger partial charge in [-0.3, -0.25) is 19.3 Å². The molecule has 1 aromatic carbocycles. The van der Waals surface area contributed by atoms with E-state index in [1.165, 1.54) is 41.6 Å². The number of hydrogen-bond donors (Lipinski definition) is 0. The largest absolute Gasteiger partial charge is 0.379 e. The van der Waals surface area contributed by atoms with Crippen LogP contribution in [-0.4, -0.2) is 88.4 Å². The Morgan fingerprint density at radius 2 is 1.65 bits per heavy atom. The molecule has 1 unspecified atom stereocenters. The van der Waals surface area contributed by atoms with Crippen LogP contribution >= 0.6 is 0 Å². The zero-order chi connectivity index (χ0) is 23.1. The summed E-state index contributed by atoms with van der Waals surface area (Å²) in [5.41, 5.74) is 5.81. The van der Waals surface area contributed by atoms with E-state index >= 15 is 0 Å². The molecule has 2 aromatic rings. The maximum absolute atomic E-state index is 13.6. The molecule has 3 aliphatic heterocycles. The molecule has 4 heterocycles. The lowest BCUT2D eigenvalue weighted by Crippen LogP contribution is -2.51. The van der Waals surface area contributed by atoms with Crippen LogP contribution < -0.4 is 0 Å². The first-order chi connectivity index (χ1) is 16.7. The van der Waals surface area contributed by atoms with Crippen molar-refractivity contribution in [3.63, 3.8) is 0 Å². The normalized spacial score (nSPS) is 24.6. The molecule has 0 radical (unpaired) electrons. The average Bonchev–Trinajstić information content (AvgIpc) is 3.24. The predicted octanol–water partition coefficient (Wildman–Crippen LogP) is 2.27. The number of ether oxygens (including phenoxy) is 1. The van der Waals surface area contributed by atoms with Crippen molar-refractivity contribution in [2.75, 3.05) is 45.9 Å². The van der Waals surface area contributed by atoms with Gasteiger partial charge in [0.2, 0.25) is 0 Å². The first-order valence-corrected chi connectivity index (χ1v) is 13.1. The van der Waals surface area contributed by atoms with Crippen LogP contribution in [0.3, 0.4) is 0 Å². The molecule has 7 nitrogen and oxygen atoms in total. The molecule has 0 spiro atoms. The van der Waals surface area contributed by atoms with Crippen LogP contribution in [-0.2, 0) is 37.6 Å². The molecule has 7 heteroatoms. The van der Waals surface area contributed by atoms with Crippen LogP contribution in [0.25, 0.3) is 0 Å². The molecule has 1 atom stereocenters. The molecule has 0 N–H and O–H groups in total. The van der Waals surface area contributed by atoms with E-state index in [0.717, 1.165) is 65.2 Å². The SMILES string of the molecule is Cn1nc(C(=O)N2CCc3ccccc3C2)c2c1CCC(N1CCC(N3CCOCC3)CC1)C2. The van der Waals surface area contributed by atoms with E-state index < -0.39 is 0 Å². The third kappa shape index (κ3) is 4.18. The summed E-state index contributed by atoms with van der Waals surface area (Å²) in [4.78, 5) is 20.9. The quantitative estimate of drug-likeness (QED) is 0.699. The van der Waals surface area contributed by atoms with E-state index in [9.17, 15) is 4.79 Å². The molecule has 0 saturated carbocycles. The molecule has 4 aliphatic rings. The van der Waals surface area contributed by atoms with E-state index in [2.05, 4.69) is 34.1 Å². The molecule has 182 valence electrons. The van der Waals surface area contributed by atoms with E-state index in [-0.39, 0.29) is 5.91 Å². The van der Waals surface area contributed by atoms with Crippen LogP contribution in [0.1, 0.15) is 52.1 Å². The van der Waals surface area contributed by atoms with Crippen LogP contribution in [0.2, 0.25) is 0 Å². The van der Waals surface area contributed by atoms with Gasteiger partial charge < -0.3 is 9.64 Å². The summed E-state index contributed by atoms with van der Waals surface area (Å²) in [5, 5.41) is 4.76. The molecule has 6 rings (SSSR count). The van der Waals surface area contributed by atoms with Crippen LogP contribution in [0, 0.1) is 0 Å². The Morgan fingerprint density at radius 3 is 2.44 bits per heavy atom. The number of nitrogens with zero attached hydrogens (tertiary/aromatic N) is 5. The lowest BCUT2D eigenvalue weighted by atomic mass is 9.88. The van der Waals surface area contributed by atoms with Crippen molar-refractivity contribution in [3.8, 4) is 0 Å². The average molecular weight is 464 g/mol. The van der Waals surface area contributed by atoms with Gasteiger partial charge in [0, 0.05) is 56.6 Å². The van der Waals surface area contributed by atoms with Crippen molar-refractivity contribution in [1.82, 2.24) is 24.5 Å². The lowest BCUT2D eigenvalue weighted by Gasteiger charge is -2.43. The summed E-state index contributed by atoms with van der Waals surface area (Å²) in [6.07, 6.45) is 6.56. The summed E-state index contributed by atoms with van der Waals surface area (Å²) in [5.74, 6) is 0.109. The fraction of sp³-hybridized carbons (Fsp3) is 0.630. The molecule has 34 heavy (non-hydrogen) atoms. The van der Waals surface area contributed by atoms with E-state index in [0.29, 0.717) is 24.3 Å². The third-order valence-electron chi connectivity index (χ3n) is 8.63. The van der Waals surface area contributed by atoms with E-state index in [1.807, 2.05) is 16.6 Å². The van der Waals surface area contributed by atoms with Gasteiger partial charge in [-0.2, -0.15) is 5.10 Å². The standard InChI is InChI=1S/C27H37N5O2/c1-29-25-7-6-23(30-12-9-22(10-13-30)31-14-16-34-17-15-31)18-24(25)26(28-29)27(33)32-11-8-20-4-2-3-5-21(20)19-32/h2-5,22-23H,6-19H2,1H3. The predicted molar refractivity (Wildman–Crippen MR) is 131 cm³/mol. The number of piperidine rings is 1. The van der Waals surface area contributed by atoms with Gasteiger partial charge in [-0.05, 0) is 62.7 Å². The second-order valence-electron chi connectivity index (χ2n) is 10.5. The van der Waals surface area contributed by atoms with Crippen LogP contribution in [0.15, 0.2) is 24.3 Å². The number of morpholine rings is 1. The Morgan fingerprint density at radius 1 is 0.912 bits per heavy atom. The van der Waals surface area contributed by atoms with Crippen molar-refractivity contribution in [3.05, 3.63) is 52.3 Å². The Bertz CT molecular complexity index is 1040. The van der Waals surface area contributed by atoms with Crippen LogP contribution in [0.4, 0.5) is 0 Å². The Kier molecular flexibility index (Phi) is 6.18. The van der Waals surface area contributed by atoms with Crippen LogP contribution in [0.5, 0.6) is 0 Å². The van der Waals surface area contributed by atoms with Gasteiger partial charge in [0.1, 0.15) is 0 Å². The molecular formula is C27H37N5O2. The molecule has 2 fully saturated rings. The number of aromatic nitrogens is 2. The molecule has 1 aromatic heterocycles. The highest BCUT2D eigenvalue weighted by atomic mass is 16.5. The van der Waals surface area contributed by atoms with Crippen molar-refractivity contribution in [1.29, 1.82) is 0 Å². The maximum Gasteiger partial charge on any atom is 0.274 e. The number of benzene rings is 1. The third-order valence-corrected chi connectivity index (χ3v) is 8.63. The highest BCUT2D eigenvalue weighted by Gasteiger charge is 2.35. The number of carbonyl (C=O) groups is 1. The Hall–Kier alpha value is -2.22. The molecule has 0 bridgehead atoms. The van der Waals surface area contributed by atoms with Gasteiger partial charge in [-0.25, -0.2) is 0 Å². The fourth-order valence-corrected chi connectivity index (χ4v) is 6.63. The summed E-state index contributed by atoms with van der Waals surface area (Å²) >= 11 is 0. The first-order valence-electron chi connectivity index (χ1n) is 13.1. The minimum Gasteiger partial charge on any atom is -0.379 e. The number of amides is 1. The second kappa shape index (κ2) is 9.44. The van der Waals surface area contributed by atoms with Gasteiger partial charge in [-0.1, -0.05) is 24.3 Å². The van der Waals surface area contributed by atoms with Crippen molar-refractivity contribution < 1.29 is 9.53 Å². The number of likely N-dealkylation sites (tertiary alicyclic amines) is 1.